The molecule has 1 unspecified atom stereocenters. The molecule has 1 atom stereocenters. The van der Waals surface area contributed by atoms with Crippen molar-refractivity contribution in [3.63, 3.8) is 0 Å². The van der Waals surface area contributed by atoms with E-state index in [1.165, 1.54) is 23.4 Å². The van der Waals surface area contributed by atoms with Gasteiger partial charge in [-0.25, -0.2) is 8.78 Å². The smallest absolute Gasteiger partial charge is 0.270 e. The molecule has 1 saturated heterocycles. The van der Waals surface area contributed by atoms with Gasteiger partial charge in [0.2, 0.25) is 0 Å². The second kappa shape index (κ2) is 18.9. The van der Waals surface area contributed by atoms with Gasteiger partial charge in [-0.05, 0) is 80.4 Å². The number of alkyl halides is 2. The Labute approximate surface area is 303 Å². The van der Waals surface area contributed by atoms with Crippen LogP contribution in [0.25, 0.3) is 11.1 Å². The van der Waals surface area contributed by atoms with Gasteiger partial charge in [-0.3, -0.25) is 9.59 Å². The summed E-state index contributed by atoms with van der Waals surface area (Å²) in [5.41, 5.74) is 4.94. The summed E-state index contributed by atoms with van der Waals surface area (Å²) >= 11 is 5.58. The Morgan fingerprint density at radius 1 is 1.02 bits per heavy atom. The van der Waals surface area contributed by atoms with Gasteiger partial charge in [0.15, 0.2) is 6.29 Å². The lowest BCUT2D eigenvalue weighted by Crippen LogP contribution is -2.43. The molecule has 0 saturated carbocycles. The van der Waals surface area contributed by atoms with Crippen LogP contribution in [0, 0.1) is 11.3 Å². The van der Waals surface area contributed by atoms with Gasteiger partial charge in [0.25, 0.3) is 11.8 Å². The third kappa shape index (κ3) is 11.6. The number of carbonyl (C=O) groups is 2. The van der Waals surface area contributed by atoms with Crippen molar-refractivity contribution in [2.45, 2.75) is 65.2 Å². The maximum Gasteiger partial charge on any atom is 0.270 e. The zero-order valence-corrected chi connectivity index (χ0v) is 31.3. The number of likely N-dealkylation sites (tertiary alicyclic amines) is 1. The zero-order chi connectivity index (χ0) is 36.9. The van der Waals surface area contributed by atoms with E-state index in [0.717, 1.165) is 80.9 Å². The van der Waals surface area contributed by atoms with Gasteiger partial charge < -0.3 is 20.4 Å². The summed E-state index contributed by atoms with van der Waals surface area (Å²) in [4.78, 5) is 29.0. The highest BCUT2D eigenvalue weighted by Crippen LogP contribution is 2.35. The molecule has 0 spiro atoms. The van der Waals surface area contributed by atoms with E-state index in [1.807, 2.05) is 6.07 Å². The zero-order valence-electron chi connectivity index (χ0n) is 30.5. The van der Waals surface area contributed by atoms with Crippen LogP contribution in [0.2, 0.25) is 0 Å². The molecular weight excluding hydrogens is 651 g/mol. The molecule has 2 N–H and O–H groups in total. The van der Waals surface area contributed by atoms with E-state index in [2.05, 4.69) is 86.3 Å². The van der Waals surface area contributed by atoms with Gasteiger partial charge in [0.05, 0.1) is 10.7 Å². The number of anilines is 1. The topological polar surface area (TPSA) is 64.7 Å². The summed E-state index contributed by atoms with van der Waals surface area (Å²) in [5.74, 6) is -2.68. The Balaban J connectivity index is 0.000000316. The first-order valence-electron chi connectivity index (χ1n) is 17.5. The molecule has 1 fully saturated rings. The lowest BCUT2D eigenvalue weighted by Gasteiger charge is -2.35. The van der Waals surface area contributed by atoms with Gasteiger partial charge >= 0.3 is 0 Å². The number of nitrogens with one attached hydrogen (secondary N) is 2. The molecule has 1 aliphatic rings. The molecular formula is C41H54F2N4O2S. The molecule has 1 aliphatic heterocycles. The van der Waals surface area contributed by atoms with Gasteiger partial charge in [-0.2, -0.15) is 0 Å². The number of thiocarbonyl (C=S) groups is 1. The molecule has 6 nitrogen and oxygen atoms in total. The number of aldehydes is 1. The van der Waals surface area contributed by atoms with Crippen molar-refractivity contribution in [3.05, 3.63) is 102 Å². The Kier molecular flexibility index (Phi) is 15.3. The molecule has 3 aromatic rings. The number of para-hydroxylation sites is 1. The van der Waals surface area contributed by atoms with Gasteiger partial charge in [-0.15, -0.1) is 0 Å². The number of benzene rings is 3. The van der Waals surface area contributed by atoms with E-state index in [4.69, 9.17) is 12.2 Å². The first-order valence-corrected chi connectivity index (χ1v) is 17.9. The second-order valence-corrected chi connectivity index (χ2v) is 14.1. The fourth-order valence-corrected chi connectivity index (χ4v) is 6.81. The average molecular weight is 705 g/mol. The van der Waals surface area contributed by atoms with Crippen molar-refractivity contribution in [2.24, 2.45) is 11.3 Å². The predicted octanol–water partition coefficient (Wildman–Crippen LogP) is 8.66. The van der Waals surface area contributed by atoms with E-state index in [9.17, 15) is 18.4 Å². The van der Waals surface area contributed by atoms with E-state index in [1.54, 1.807) is 30.3 Å². The number of piperidine rings is 1. The molecule has 1 amide bonds. The largest absolute Gasteiger partial charge is 0.377 e. The number of amides is 1. The van der Waals surface area contributed by atoms with Crippen LogP contribution in [0.3, 0.4) is 0 Å². The van der Waals surface area contributed by atoms with Crippen LogP contribution < -0.4 is 15.5 Å². The van der Waals surface area contributed by atoms with Crippen LogP contribution in [0.1, 0.15) is 74.4 Å². The number of nitrogens with zero attached hydrogens (tertiary/aromatic N) is 2. The van der Waals surface area contributed by atoms with E-state index in [-0.39, 0.29) is 16.9 Å². The summed E-state index contributed by atoms with van der Waals surface area (Å²) in [6, 6.07) is 21.6. The predicted molar refractivity (Wildman–Crippen MR) is 207 cm³/mol. The van der Waals surface area contributed by atoms with Crippen molar-refractivity contribution in [3.8, 4) is 11.1 Å². The number of carbonyl (C=O) groups excluding carboxylic acids is 2. The minimum Gasteiger partial charge on any atom is -0.377 e. The van der Waals surface area contributed by atoms with Gasteiger partial charge in [0.1, 0.15) is 0 Å². The third-order valence-corrected chi connectivity index (χ3v) is 10.1. The summed E-state index contributed by atoms with van der Waals surface area (Å²) in [6.07, 6.45) is 6.87. The summed E-state index contributed by atoms with van der Waals surface area (Å²) < 4.78 is 26.2. The Bertz CT molecular complexity index is 1580. The fourth-order valence-electron chi connectivity index (χ4n) is 6.45. The molecule has 3 aromatic carbocycles. The van der Waals surface area contributed by atoms with Crippen LogP contribution in [-0.2, 0) is 17.1 Å². The van der Waals surface area contributed by atoms with Crippen molar-refractivity contribution < 1.29 is 18.4 Å². The molecule has 1 heterocycles. The number of hydrogen-bond donors (Lipinski definition) is 2. The van der Waals surface area contributed by atoms with Crippen LogP contribution in [-0.4, -0.2) is 62.9 Å². The lowest BCUT2D eigenvalue weighted by molar-refractivity contribution is -0.118. The lowest BCUT2D eigenvalue weighted by atomic mass is 9.75. The van der Waals surface area contributed by atoms with Gasteiger partial charge in [0, 0.05) is 50.3 Å². The van der Waals surface area contributed by atoms with Crippen LogP contribution in [0.15, 0.2) is 85.1 Å². The van der Waals surface area contributed by atoms with Crippen molar-refractivity contribution in [1.82, 2.24) is 15.5 Å². The fraction of sp³-hybridized carbons (Fsp3) is 0.439. The monoisotopic (exact) mass is 704 g/mol. The molecule has 0 aromatic heterocycles. The Morgan fingerprint density at radius 2 is 1.64 bits per heavy atom. The molecule has 9 heteroatoms. The first-order chi connectivity index (χ1) is 23.7. The van der Waals surface area contributed by atoms with Crippen molar-refractivity contribution >= 4 is 35.1 Å². The molecule has 0 aliphatic carbocycles. The van der Waals surface area contributed by atoms with E-state index < -0.39 is 5.92 Å². The van der Waals surface area contributed by atoms with Crippen LogP contribution in [0.4, 0.5) is 14.5 Å². The quantitative estimate of drug-likeness (QED) is 0.0996. The highest BCUT2D eigenvalue weighted by atomic mass is 32.1. The van der Waals surface area contributed by atoms with Crippen molar-refractivity contribution in [2.75, 3.05) is 45.7 Å². The number of halogens is 2. The molecule has 50 heavy (non-hydrogen) atoms. The highest BCUT2D eigenvalue weighted by molar-refractivity contribution is 7.80. The molecule has 4 rings (SSSR count). The highest BCUT2D eigenvalue weighted by Gasteiger charge is 2.30. The number of hydrogen-bond acceptors (Lipinski definition) is 5. The third-order valence-electron chi connectivity index (χ3n) is 9.62. The molecule has 270 valence electrons. The minimum atomic E-state index is -2.84. The first kappa shape index (κ1) is 40.5. The standard InChI is InChI=1S/C26H42N4OS.C15H12F2O/c1-7-15-26(8-2,18-22-11-9-10-12-23(22)29(4)5)19-27-24(31)20(3)28-25(32)21-13-16-30(6)17-14-21;1-15(16,17)13-8-6-11(7-9-13)14-5-3-2-4-12(14)10-18/h9-12,21H,3,7-8,13-19H2,1-2,4-6H3,(H,27,31)(H,28,32);2-10H,1H3. The SMILES string of the molecule is C=C(NC(=S)C1CCN(C)CC1)C(=O)NCC(CC)(CCC)Cc1ccccc1N(C)C.CC(F)(F)c1ccc(-c2ccccc2C=O)cc1. The molecule has 0 radical (unpaired) electrons. The Hall–Kier alpha value is -3.95. The van der Waals surface area contributed by atoms with E-state index in [0.29, 0.717) is 23.7 Å². The summed E-state index contributed by atoms with van der Waals surface area (Å²) in [6.45, 7) is 12.0. The maximum atomic E-state index is 13.1. The average Bonchev–Trinajstić information content (AvgIpc) is 3.10. The van der Waals surface area contributed by atoms with Gasteiger partial charge in [-0.1, -0.05) is 106 Å². The van der Waals surface area contributed by atoms with Crippen LogP contribution >= 0.6 is 12.2 Å². The van der Waals surface area contributed by atoms with Crippen molar-refractivity contribution in [1.29, 1.82) is 0 Å². The van der Waals surface area contributed by atoms with Crippen LogP contribution in [0.5, 0.6) is 0 Å². The summed E-state index contributed by atoms with van der Waals surface area (Å²) in [5, 5.41) is 6.28. The summed E-state index contributed by atoms with van der Waals surface area (Å²) in [7, 11) is 6.29. The van der Waals surface area contributed by atoms with E-state index >= 15 is 0 Å². The second-order valence-electron chi connectivity index (χ2n) is 13.7. The number of rotatable bonds is 14. The molecule has 0 bridgehead atoms. The minimum absolute atomic E-state index is 0.00522. The Morgan fingerprint density at radius 3 is 2.22 bits per heavy atom. The maximum absolute atomic E-state index is 13.1. The normalized spacial score (nSPS) is 14.8.